The number of pyridine rings is 1. The highest BCUT2D eigenvalue weighted by molar-refractivity contribution is 8.00. The number of amides is 2. The van der Waals surface area contributed by atoms with Gasteiger partial charge in [-0.1, -0.05) is 11.2 Å². The molecule has 1 saturated heterocycles. The van der Waals surface area contributed by atoms with E-state index < -0.39 is 23.6 Å². The van der Waals surface area contributed by atoms with Crippen LogP contribution in [-0.4, -0.2) is 69.1 Å². The van der Waals surface area contributed by atoms with Crippen molar-refractivity contribution >= 4 is 40.5 Å². The van der Waals surface area contributed by atoms with Crippen molar-refractivity contribution < 1.29 is 31.7 Å². The summed E-state index contributed by atoms with van der Waals surface area (Å²) in [6, 6.07) is 9.12. The largest absolute Gasteiger partial charge is 0.447 e. The number of aromatic nitrogens is 3. The third kappa shape index (κ3) is 5.79. The van der Waals surface area contributed by atoms with Gasteiger partial charge in [-0.3, -0.25) is 9.59 Å². The van der Waals surface area contributed by atoms with Gasteiger partial charge in [-0.05, 0) is 49.4 Å². The van der Waals surface area contributed by atoms with E-state index in [0.717, 1.165) is 5.56 Å². The molecular formula is C27H25F4N7O3S. The molecular weight excluding hydrogens is 578 g/mol. The second-order valence-electron chi connectivity index (χ2n) is 10.2. The Balaban J connectivity index is 1.24. The van der Waals surface area contributed by atoms with E-state index in [0.29, 0.717) is 35.4 Å². The van der Waals surface area contributed by atoms with Crippen molar-refractivity contribution in [2.75, 3.05) is 30.8 Å². The predicted octanol–water partition coefficient (Wildman–Crippen LogP) is 4.48. The first-order valence-electron chi connectivity index (χ1n) is 13.1. The number of hydrogen-bond donors (Lipinski definition) is 3. The van der Waals surface area contributed by atoms with E-state index >= 15 is 0 Å². The van der Waals surface area contributed by atoms with Crippen molar-refractivity contribution in [2.24, 2.45) is 0 Å². The summed E-state index contributed by atoms with van der Waals surface area (Å²) in [5.74, 6) is -0.726. The molecule has 10 nitrogen and oxygen atoms in total. The predicted molar refractivity (Wildman–Crippen MR) is 147 cm³/mol. The Bertz CT molecular complexity index is 1670. The number of likely N-dealkylation sites (tertiary alicyclic amines) is 1. The Labute approximate surface area is 240 Å². The van der Waals surface area contributed by atoms with Gasteiger partial charge in [0.2, 0.25) is 17.6 Å². The van der Waals surface area contributed by atoms with Crippen LogP contribution in [0.15, 0.2) is 52.1 Å². The number of fused-ring (bicyclic) bond motifs is 2. The Morgan fingerprint density at radius 1 is 1.26 bits per heavy atom. The van der Waals surface area contributed by atoms with Crippen LogP contribution in [0.25, 0.3) is 16.9 Å². The minimum absolute atomic E-state index is 0.0176. The van der Waals surface area contributed by atoms with Crippen LogP contribution in [0.3, 0.4) is 0 Å². The molecule has 0 saturated carbocycles. The quantitative estimate of drug-likeness (QED) is 0.209. The minimum Gasteiger partial charge on any atom is -0.378 e. The molecule has 0 spiro atoms. The number of piperidine rings is 1. The van der Waals surface area contributed by atoms with Crippen molar-refractivity contribution in [3.63, 3.8) is 0 Å². The Hall–Kier alpha value is -4.11. The average molecular weight is 604 g/mol. The number of alkyl halides is 4. The van der Waals surface area contributed by atoms with E-state index in [4.69, 9.17) is 4.52 Å². The maximum Gasteiger partial charge on any atom is 0.447 e. The topological polar surface area (TPSA) is 117 Å². The summed E-state index contributed by atoms with van der Waals surface area (Å²) in [7, 11) is 1.84. The van der Waals surface area contributed by atoms with E-state index in [9.17, 15) is 27.2 Å². The summed E-state index contributed by atoms with van der Waals surface area (Å²) < 4.78 is 62.2. The van der Waals surface area contributed by atoms with Crippen molar-refractivity contribution in [3.8, 4) is 11.4 Å². The highest BCUT2D eigenvalue weighted by Gasteiger charge is 2.34. The molecule has 0 aliphatic carbocycles. The van der Waals surface area contributed by atoms with Crippen LogP contribution in [-0.2, 0) is 17.8 Å². The molecule has 1 aromatic carbocycles. The third-order valence-electron chi connectivity index (χ3n) is 7.17. The van der Waals surface area contributed by atoms with E-state index in [-0.39, 0.29) is 59.5 Å². The van der Waals surface area contributed by atoms with E-state index in [1.807, 2.05) is 11.9 Å². The van der Waals surface area contributed by atoms with Gasteiger partial charge >= 0.3 is 5.51 Å². The fourth-order valence-electron chi connectivity index (χ4n) is 5.14. The zero-order chi connectivity index (χ0) is 29.6. The summed E-state index contributed by atoms with van der Waals surface area (Å²) in [5, 5.41) is 12.2. The first-order valence-corrected chi connectivity index (χ1v) is 13.9. The van der Waals surface area contributed by atoms with Gasteiger partial charge in [0, 0.05) is 42.3 Å². The van der Waals surface area contributed by atoms with Gasteiger partial charge in [-0.15, -0.1) is 0 Å². The molecule has 220 valence electrons. The lowest BCUT2D eigenvalue weighted by molar-refractivity contribution is -0.115. The number of anilines is 2. The van der Waals surface area contributed by atoms with Crippen LogP contribution in [0.1, 0.15) is 28.2 Å². The van der Waals surface area contributed by atoms with Crippen molar-refractivity contribution in [3.05, 3.63) is 59.6 Å². The highest BCUT2D eigenvalue weighted by atomic mass is 32.2. The lowest BCUT2D eigenvalue weighted by atomic mass is 10.0. The molecule has 1 fully saturated rings. The van der Waals surface area contributed by atoms with Crippen LogP contribution >= 0.6 is 11.8 Å². The number of carbonyl (C=O) groups excluding carboxylic acids is 2. The summed E-state index contributed by atoms with van der Waals surface area (Å²) in [4.78, 5) is 30.4. The normalized spacial score (nSPS) is 19.1. The van der Waals surface area contributed by atoms with E-state index in [2.05, 4.69) is 26.1 Å². The monoisotopic (exact) mass is 603 g/mol. The molecule has 42 heavy (non-hydrogen) atoms. The Kier molecular flexibility index (Phi) is 7.30. The second kappa shape index (κ2) is 10.9. The van der Waals surface area contributed by atoms with Crippen LogP contribution in [0.5, 0.6) is 0 Å². The maximum atomic E-state index is 14.7. The van der Waals surface area contributed by atoms with E-state index in [1.54, 1.807) is 30.3 Å². The highest BCUT2D eigenvalue weighted by Crippen LogP contribution is 2.44. The van der Waals surface area contributed by atoms with Crippen molar-refractivity contribution in [2.45, 2.75) is 42.1 Å². The summed E-state index contributed by atoms with van der Waals surface area (Å²) in [6.07, 6.45) is 1.13. The molecule has 0 radical (unpaired) electrons. The molecule has 5 heterocycles. The molecule has 2 aliphatic heterocycles. The molecule has 0 bridgehead atoms. The van der Waals surface area contributed by atoms with E-state index in [1.165, 1.54) is 16.7 Å². The molecule has 6 rings (SSSR count). The molecule has 2 amide bonds. The SMILES string of the molecule is CN1CC[C@@H](Nc2cccn3c(SC(F)(F)F)c(-c4noc(CNC(=O)c5ccc6c(c5)NC(=O)C6)n4)cc23)[C@@H](F)C1. The van der Waals surface area contributed by atoms with Gasteiger partial charge in [0.15, 0.2) is 0 Å². The second-order valence-corrected chi connectivity index (χ2v) is 11.3. The van der Waals surface area contributed by atoms with Crippen molar-refractivity contribution in [1.29, 1.82) is 0 Å². The van der Waals surface area contributed by atoms with Gasteiger partial charge in [0.25, 0.3) is 5.91 Å². The lowest BCUT2D eigenvalue weighted by Crippen LogP contribution is -2.46. The Morgan fingerprint density at radius 2 is 2.10 bits per heavy atom. The number of thioether (sulfide) groups is 1. The minimum atomic E-state index is -4.61. The van der Waals surface area contributed by atoms with Crippen LogP contribution < -0.4 is 16.0 Å². The zero-order valence-corrected chi connectivity index (χ0v) is 23.0. The fourth-order valence-corrected chi connectivity index (χ4v) is 5.87. The molecule has 3 N–H and O–H groups in total. The zero-order valence-electron chi connectivity index (χ0n) is 22.2. The molecule has 4 aromatic rings. The number of hydrogen-bond acceptors (Lipinski definition) is 8. The van der Waals surface area contributed by atoms with Gasteiger partial charge < -0.3 is 29.8 Å². The van der Waals surface area contributed by atoms with Crippen LogP contribution in [0, 0.1) is 0 Å². The van der Waals surface area contributed by atoms with Gasteiger partial charge in [0.1, 0.15) is 6.17 Å². The Morgan fingerprint density at radius 3 is 2.88 bits per heavy atom. The van der Waals surface area contributed by atoms with Crippen molar-refractivity contribution in [1.82, 2.24) is 24.8 Å². The third-order valence-corrected chi connectivity index (χ3v) is 8.01. The number of carbonyl (C=O) groups is 2. The molecule has 0 unspecified atom stereocenters. The van der Waals surface area contributed by atoms with Crippen LogP contribution in [0.4, 0.5) is 28.9 Å². The molecule has 15 heteroatoms. The van der Waals surface area contributed by atoms with Gasteiger partial charge in [-0.25, -0.2) is 4.39 Å². The maximum absolute atomic E-state index is 14.7. The van der Waals surface area contributed by atoms with Crippen LogP contribution in [0.2, 0.25) is 0 Å². The average Bonchev–Trinajstić information content (AvgIpc) is 3.64. The van der Waals surface area contributed by atoms with Gasteiger partial charge in [-0.2, -0.15) is 18.2 Å². The number of nitrogens with one attached hydrogen (secondary N) is 3. The number of halogens is 4. The molecule has 2 aliphatic rings. The summed E-state index contributed by atoms with van der Waals surface area (Å²) in [6.45, 7) is 0.770. The molecule has 3 aromatic heterocycles. The first kappa shape index (κ1) is 28.0. The number of nitrogens with zero attached hydrogens (tertiary/aromatic N) is 4. The standard InChI is InChI=1S/C27H25F4N7O3S/c1-37-8-6-18(17(28)13-37)33-19-3-2-7-38-21(19)11-16(26(38)42-27(29,30)31)24-35-23(41-36-24)12-32-25(40)15-5-4-14-10-22(39)34-20(14)9-15/h2-5,7,9,11,17-18,33H,6,8,10,12-13H2,1H3,(H,32,40)(H,34,39)/t17-,18+/m0/s1. The smallest absolute Gasteiger partial charge is 0.378 e. The lowest BCUT2D eigenvalue weighted by Gasteiger charge is -2.33. The molecule has 2 atom stereocenters. The first-order chi connectivity index (χ1) is 20.0. The number of rotatable bonds is 7. The number of benzene rings is 1. The fraction of sp³-hybridized carbons (Fsp3) is 0.333. The summed E-state index contributed by atoms with van der Waals surface area (Å²) in [5.41, 5.74) is -2.00. The summed E-state index contributed by atoms with van der Waals surface area (Å²) >= 11 is -0.318. The van der Waals surface area contributed by atoms with Gasteiger partial charge in [0.05, 0.1) is 40.8 Å².